The summed E-state index contributed by atoms with van der Waals surface area (Å²) in [5.74, 6) is -0.768. The summed E-state index contributed by atoms with van der Waals surface area (Å²) in [6, 6.07) is 16.3. The summed E-state index contributed by atoms with van der Waals surface area (Å²) < 4.78 is 10.7. The van der Waals surface area contributed by atoms with E-state index in [0.717, 1.165) is 11.1 Å². The van der Waals surface area contributed by atoms with Crippen LogP contribution in [0.2, 0.25) is 10.0 Å². The Kier molecular flexibility index (Phi) is 6.02. The zero-order chi connectivity index (χ0) is 20.3. The topological polar surface area (TPSA) is 52.6 Å². The molecule has 0 fully saturated rings. The SMILES string of the molecule is Cc1ccc(OC(=O)c2cccc(C(=O)Oc3ccc(C)cc3Cl)c2)c(Cl)c1. The van der Waals surface area contributed by atoms with Crippen LogP contribution in [0.5, 0.6) is 11.5 Å². The number of hydrogen-bond acceptors (Lipinski definition) is 4. The predicted molar refractivity (Wildman–Crippen MR) is 109 cm³/mol. The Morgan fingerprint density at radius 3 is 1.50 bits per heavy atom. The Morgan fingerprint density at radius 2 is 1.11 bits per heavy atom. The van der Waals surface area contributed by atoms with Gasteiger partial charge in [0.05, 0.1) is 21.2 Å². The number of rotatable bonds is 4. The van der Waals surface area contributed by atoms with E-state index in [1.165, 1.54) is 6.07 Å². The zero-order valence-electron chi connectivity index (χ0n) is 15.2. The van der Waals surface area contributed by atoms with Crippen LogP contribution in [-0.4, -0.2) is 11.9 Å². The Morgan fingerprint density at radius 1 is 0.679 bits per heavy atom. The fraction of sp³-hybridized carbons (Fsp3) is 0.0909. The first-order chi connectivity index (χ1) is 13.3. The molecule has 0 radical (unpaired) electrons. The highest BCUT2D eigenvalue weighted by molar-refractivity contribution is 6.32. The molecule has 28 heavy (non-hydrogen) atoms. The molecule has 0 atom stereocenters. The van der Waals surface area contributed by atoms with Crippen LogP contribution in [0.4, 0.5) is 0 Å². The predicted octanol–water partition coefficient (Wildman–Crippen LogP) is 6.05. The average Bonchev–Trinajstić information content (AvgIpc) is 2.66. The van der Waals surface area contributed by atoms with Crippen LogP contribution >= 0.6 is 23.2 Å². The number of carbonyl (C=O) groups is 2. The fourth-order valence-corrected chi connectivity index (χ4v) is 3.02. The average molecular weight is 415 g/mol. The Bertz CT molecular complexity index is 979. The van der Waals surface area contributed by atoms with E-state index in [2.05, 4.69) is 0 Å². The van der Waals surface area contributed by atoms with Crippen LogP contribution in [0.25, 0.3) is 0 Å². The molecule has 0 amide bonds. The molecule has 0 heterocycles. The number of esters is 2. The third-order valence-electron chi connectivity index (χ3n) is 3.91. The van der Waals surface area contributed by atoms with Gasteiger partial charge in [-0.25, -0.2) is 9.59 Å². The van der Waals surface area contributed by atoms with Gasteiger partial charge in [0, 0.05) is 0 Å². The largest absolute Gasteiger partial charge is 0.421 e. The van der Waals surface area contributed by atoms with Gasteiger partial charge in [-0.15, -0.1) is 0 Å². The Balaban J connectivity index is 1.77. The van der Waals surface area contributed by atoms with E-state index < -0.39 is 11.9 Å². The highest BCUT2D eigenvalue weighted by Gasteiger charge is 2.16. The summed E-state index contributed by atoms with van der Waals surface area (Å²) in [7, 11) is 0. The molecule has 0 aliphatic heterocycles. The highest BCUT2D eigenvalue weighted by atomic mass is 35.5. The van der Waals surface area contributed by atoms with Gasteiger partial charge in [0.15, 0.2) is 0 Å². The van der Waals surface area contributed by atoms with Crippen molar-refractivity contribution in [1.82, 2.24) is 0 Å². The maximum atomic E-state index is 12.4. The molecule has 0 spiro atoms. The van der Waals surface area contributed by atoms with E-state index in [4.69, 9.17) is 32.7 Å². The molecule has 0 saturated heterocycles. The number of carbonyl (C=O) groups excluding carboxylic acids is 2. The van der Waals surface area contributed by atoms with Gasteiger partial charge in [0.2, 0.25) is 0 Å². The molecule has 4 nitrogen and oxygen atoms in total. The molecule has 0 aliphatic carbocycles. The van der Waals surface area contributed by atoms with Crippen molar-refractivity contribution in [3.8, 4) is 11.5 Å². The van der Waals surface area contributed by atoms with E-state index in [-0.39, 0.29) is 22.6 Å². The first-order valence-corrected chi connectivity index (χ1v) is 9.16. The van der Waals surface area contributed by atoms with Crippen molar-refractivity contribution in [2.45, 2.75) is 13.8 Å². The second kappa shape index (κ2) is 8.46. The van der Waals surface area contributed by atoms with Gasteiger partial charge in [-0.2, -0.15) is 0 Å². The minimum absolute atomic E-state index is 0.195. The van der Waals surface area contributed by atoms with Crippen molar-refractivity contribution in [3.05, 3.63) is 93.0 Å². The molecular formula is C22H16Cl2O4. The van der Waals surface area contributed by atoms with E-state index in [1.54, 1.807) is 54.6 Å². The van der Waals surface area contributed by atoms with Gasteiger partial charge < -0.3 is 9.47 Å². The van der Waals surface area contributed by atoms with Gasteiger partial charge in [-0.05, 0) is 67.4 Å². The summed E-state index contributed by atoms with van der Waals surface area (Å²) in [4.78, 5) is 24.8. The second-order valence-electron chi connectivity index (χ2n) is 6.23. The monoisotopic (exact) mass is 414 g/mol. The number of ether oxygens (including phenoxy) is 2. The van der Waals surface area contributed by atoms with Crippen LogP contribution in [-0.2, 0) is 0 Å². The van der Waals surface area contributed by atoms with Crippen LogP contribution in [0.3, 0.4) is 0 Å². The van der Waals surface area contributed by atoms with Crippen LogP contribution in [0.1, 0.15) is 31.8 Å². The van der Waals surface area contributed by atoms with Crippen molar-refractivity contribution in [3.63, 3.8) is 0 Å². The molecule has 0 N–H and O–H groups in total. The molecule has 0 bridgehead atoms. The molecule has 0 aliphatic rings. The molecule has 0 aromatic heterocycles. The maximum Gasteiger partial charge on any atom is 0.343 e. The Hall–Kier alpha value is -2.82. The molecule has 3 aromatic rings. The molecule has 0 saturated carbocycles. The number of aryl methyl sites for hydroxylation is 2. The first kappa shape index (κ1) is 19.9. The lowest BCUT2D eigenvalue weighted by Crippen LogP contribution is -2.13. The van der Waals surface area contributed by atoms with Gasteiger partial charge in [-0.3, -0.25) is 0 Å². The number of hydrogen-bond donors (Lipinski definition) is 0. The van der Waals surface area contributed by atoms with Gasteiger partial charge in [0.25, 0.3) is 0 Å². The normalized spacial score (nSPS) is 10.4. The maximum absolute atomic E-state index is 12.4. The molecule has 3 aromatic carbocycles. The lowest BCUT2D eigenvalue weighted by Gasteiger charge is -2.09. The van der Waals surface area contributed by atoms with E-state index in [0.29, 0.717) is 10.0 Å². The van der Waals surface area contributed by atoms with E-state index >= 15 is 0 Å². The number of halogens is 2. The smallest absolute Gasteiger partial charge is 0.343 e. The quantitative estimate of drug-likeness (QED) is 0.385. The van der Waals surface area contributed by atoms with E-state index in [9.17, 15) is 9.59 Å². The minimum Gasteiger partial charge on any atom is -0.421 e. The van der Waals surface area contributed by atoms with Crippen molar-refractivity contribution in [2.75, 3.05) is 0 Å². The zero-order valence-corrected chi connectivity index (χ0v) is 16.7. The van der Waals surface area contributed by atoms with Crippen LogP contribution in [0.15, 0.2) is 60.7 Å². The standard InChI is InChI=1S/C22H16Cl2O4/c1-13-6-8-19(17(23)10-13)27-21(25)15-4-3-5-16(12-15)22(26)28-20-9-7-14(2)11-18(20)24/h3-12H,1-2H3. The van der Waals surface area contributed by atoms with Crippen molar-refractivity contribution >= 4 is 35.1 Å². The summed E-state index contributed by atoms with van der Waals surface area (Å²) in [6.45, 7) is 3.76. The first-order valence-electron chi connectivity index (χ1n) is 8.40. The summed E-state index contributed by atoms with van der Waals surface area (Å²) in [6.07, 6.45) is 0. The summed E-state index contributed by atoms with van der Waals surface area (Å²) >= 11 is 12.2. The third-order valence-corrected chi connectivity index (χ3v) is 4.50. The van der Waals surface area contributed by atoms with Crippen molar-refractivity contribution in [1.29, 1.82) is 0 Å². The molecular weight excluding hydrogens is 399 g/mol. The molecule has 3 rings (SSSR count). The lowest BCUT2D eigenvalue weighted by atomic mass is 10.1. The summed E-state index contributed by atoms with van der Waals surface area (Å²) in [5, 5.41) is 0.663. The van der Waals surface area contributed by atoms with Crippen molar-refractivity contribution < 1.29 is 19.1 Å². The molecule has 142 valence electrons. The van der Waals surface area contributed by atoms with Crippen LogP contribution in [0, 0.1) is 13.8 Å². The minimum atomic E-state index is -0.631. The lowest BCUT2D eigenvalue weighted by molar-refractivity contribution is 0.0734. The number of benzene rings is 3. The molecule has 6 heteroatoms. The van der Waals surface area contributed by atoms with Crippen LogP contribution < -0.4 is 9.47 Å². The molecule has 0 unspecified atom stereocenters. The van der Waals surface area contributed by atoms with Crippen molar-refractivity contribution in [2.24, 2.45) is 0 Å². The van der Waals surface area contributed by atoms with Gasteiger partial charge >= 0.3 is 11.9 Å². The fourth-order valence-electron chi connectivity index (χ4n) is 2.47. The second-order valence-corrected chi connectivity index (χ2v) is 7.04. The van der Waals surface area contributed by atoms with E-state index in [1.807, 2.05) is 13.8 Å². The Labute approximate surface area is 172 Å². The highest BCUT2D eigenvalue weighted by Crippen LogP contribution is 2.27. The summed E-state index contributed by atoms with van der Waals surface area (Å²) in [5.41, 5.74) is 2.29. The third kappa shape index (κ3) is 4.71. The van der Waals surface area contributed by atoms with Gasteiger partial charge in [0.1, 0.15) is 11.5 Å². The van der Waals surface area contributed by atoms with Gasteiger partial charge in [-0.1, -0.05) is 41.4 Å².